The monoisotopic (exact) mass is 456 g/mol. The zero-order chi connectivity index (χ0) is 23.6. The lowest BCUT2D eigenvalue weighted by Crippen LogP contribution is -2.29. The van der Waals surface area contributed by atoms with Gasteiger partial charge in [0.2, 0.25) is 5.95 Å². The van der Waals surface area contributed by atoms with Gasteiger partial charge in [-0.25, -0.2) is 9.97 Å². The van der Waals surface area contributed by atoms with Gasteiger partial charge in [0.05, 0.1) is 11.3 Å². The summed E-state index contributed by atoms with van der Waals surface area (Å²) in [5.41, 5.74) is 3.19. The molecule has 0 atom stereocenters. The van der Waals surface area contributed by atoms with Crippen LogP contribution in [-0.4, -0.2) is 42.1 Å². The molecule has 0 spiro atoms. The average Bonchev–Trinajstić information content (AvgIpc) is 3.02. The standard InChI is InChI=1S/C24H27F3N6/c1-4-16-7-9-17(10-8-16)29-21-18-11-14-33(15-12-20(18)30-23(31-21)32(2)3)22-19(24(25,26)27)6-5-13-28-22/h5-10,13H,4,11-12,14-15H2,1-3H3,(H,29,30,31). The summed E-state index contributed by atoms with van der Waals surface area (Å²) in [6.45, 7) is 2.89. The molecule has 0 saturated carbocycles. The molecule has 3 aromatic rings. The molecule has 2 aromatic heterocycles. The van der Waals surface area contributed by atoms with Crippen molar-refractivity contribution in [3.8, 4) is 0 Å². The maximum Gasteiger partial charge on any atom is 0.419 e. The molecule has 33 heavy (non-hydrogen) atoms. The fourth-order valence-corrected chi connectivity index (χ4v) is 3.93. The highest BCUT2D eigenvalue weighted by Gasteiger charge is 2.36. The Hall–Kier alpha value is -3.36. The number of anilines is 4. The van der Waals surface area contributed by atoms with Gasteiger partial charge in [0.25, 0.3) is 0 Å². The van der Waals surface area contributed by atoms with E-state index in [1.807, 2.05) is 31.1 Å². The zero-order valence-corrected chi connectivity index (χ0v) is 18.9. The lowest BCUT2D eigenvalue weighted by Gasteiger charge is -2.24. The predicted molar refractivity (Wildman–Crippen MR) is 124 cm³/mol. The molecule has 1 aliphatic rings. The minimum absolute atomic E-state index is 0.0386. The molecule has 0 bridgehead atoms. The van der Waals surface area contributed by atoms with E-state index in [9.17, 15) is 13.2 Å². The molecule has 1 N–H and O–H groups in total. The Balaban J connectivity index is 1.67. The van der Waals surface area contributed by atoms with Crippen LogP contribution >= 0.6 is 0 Å². The molecule has 174 valence electrons. The number of halogens is 3. The van der Waals surface area contributed by atoms with E-state index >= 15 is 0 Å². The normalized spacial score (nSPS) is 13.9. The topological polar surface area (TPSA) is 57.2 Å². The van der Waals surface area contributed by atoms with E-state index in [1.54, 1.807) is 4.90 Å². The first-order valence-electron chi connectivity index (χ1n) is 11.0. The average molecular weight is 457 g/mol. The van der Waals surface area contributed by atoms with Crippen LogP contribution in [0, 0.1) is 0 Å². The minimum Gasteiger partial charge on any atom is -0.355 e. The third kappa shape index (κ3) is 5.02. The number of nitrogens with zero attached hydrogens (tertiary/aromatic N) is 5. The highest BCUT2D eigenvalue weighted by molar-refractivity contribution is 5.63. The lowest BCUT2D eigenvalue weighted by atomic mass is 10.1. The Morgan fingerprint density at radius 1 is 1.03 bits per heavy atom. The number of alkyl halides is 3. The first-order chi connectivity index (χ1) is 15.8. The van der Waals surface area contributed by atoms with Gasteiger partial charge in [0, 0.05) is 51.1 Å². The van der Waals surface area contributed by atoms with Crippen molar-refractivity contribution in [3.63, 3.8) is 0 Å². The Morgan fingerprint density at radius 3 is 2.42 bits per heavy atom. The van der Waals surface area contributed by atoms with Crippen molar-refractivity contribution in [1.82, 2.24) is 15.0 Å². The van der Waals surface area contributed by atoms with E-state index in [4.69, 9.17) is 9.97 Å². The molecule has 0 amide bonds. The molecule has 0 saturated heterocycles. The highest BCUT2D eigenvalue weighted by atomic mass is 19.4. The van der Waals surface area contributed by atoms with Crippen molar-refractivity contribution in [2.45, 2.75) is 32.4 Å². The van der Waals surface area contributed by atoms with Gasteiger partial charge in [-0.3, -0.25) is 0 Å². The van der Waals surface area contributed by atoms with Gasteiger partial charge in [-0.05, 0) is 42.7 Å². The molecule has 0 radical (unpaired) electrons. The number of hydrogen-bond acceptors (Lipinski definition) is 6. The molecule has 1 aromatic carbocycles. The molecule has 4 rings (SSSR count). The Bertz CT molecular complexity index is 1110. The van der Waals surface area contributed by atoms with E-state index in [0.29, 0.717) is 37.7 Å². The van der Waals surface area contributed by atoms with Gasteiger partial charge < -0.3 is 15.1 Å². The molecular weight excluding hydrogens is 429 g/mol. The van der Waals surface area contributed by atoms with Crippen LogP contribution < -0.4 is 15.1 Å². The summed E-state index contributed by atoms with van der Waals surface area (Å²) >= 11 is 0. The number of fused-ring (bicyclic) bond motifs is 1. The second-order valence-electron chi connectivity index (χ2n) is 8.23. The zero-order valence-electron chi connectivity index (χ0n) is 18.9. The summed E-state index contributed by atoms with van der Waals surface area (Å²) in [6, 6.07) is 10.5. The summed E-state index contributed by atoms with van der Waals surface area (Å²) < 4.78 is 40.7. The fourth-order valence-electron chi connectivity index (χ4n) is 3.93. The van der Waals surface area contributed by atoms with Crippen molar-refractivity contribution < 1.29 is 13.2 Å². The maximum absolute atomic E-state index is 13.6. The third-order valence-corrected chi connectivity index (χ3v) is 5.75. The molecule has 6 nitrogen and oxygen atoms in total. The van der Waals surface area contributed by atoms with E-state index in [-0.39, 0.29) is 5.82 Å². The third-order valence-electron chi connectivity index (χ3n) is 5.75. The summed E-state index contributed by atoms with van der Waals surface area (Å²) in [7, 11) is 3.74. The largest absolute Gasteiger partial charge is 0.419 e. The smallest absolute Gasteiger partial charge is 0.355 e. The van der Waals surface area contributed by atoms with Gasteiger partial charge in [0.1, 0.15) is 11.6 Å². The van der Waals surface area contributed by atoms with Crippen molar-refractivity contribution in [2.24, 2.45) is 0 Å². The van der Waals surface area contributed by atoms with Gasteiger partial charge in [-0.2, -0.15) is 18.2 Å². The summed E-state index contributed by atoms with van der Waals surface area (Å²) in [5.74, 6) is 1.21. The summed E-state index contributed by atoms with van der Waals surface area (Å²) in [5, 5.41) is 3.40. The van der Waals surface area contributed by atoms with Crippen molar-refractivity contribution >= 4 is 23.3 Å². The number of aromatic nitrogens is 3. The number of pyridine rings is 1. The van der Waals surface area contributed by atoms with Gasteiger partial charge in [-0.1, -0.05) is 19.1 Å². The SMILES string of the molecule is CCc1ccc(Nc2nc(N(C)C)nc3c2CCN(c2ncccc2C(F)(F)F)CC3)cc1. The van der Waals surface area contributed by atoms with Crippen LogP contribution in [0.3, 0.4) is 0 Å². The first-order valence-corrected chi connectivity index (χ1v) is 11.0. The molecule has 0 unspecified atom stereocenters. The van der Waals surface area contributed by atoms with E-state index in [0.717, 1.165) is 29.4 Å². The molecule has 9 heteroatoms. The molecule has 3 heterocycles. The quantitative estimate of drug-likeness (QED) is 0.591. The number of hydrogen-bond donors (Lipinski definition) is 1. The molecular formula is C24H27F3N6. The number of rotatable bonds is 5. The van der Waals surface area contributed by atoms with Crippen LogP contribution in [-0.2, 0) is 25.4 Å². The maximum atomic E-state index is 13.6. The fraction of sp³-hybridized carbons (Fsp3) is 0.375. The molecule has 0 fully saturated rings. The molecule has 0 aliphatic carbocycles. The second-order valence-corrected chi connectivity index (χ2v) is 8.23. The van der Waals surface area contributed by atoms with E-state index < -0.39 is 11.7 Å². The van der Waals surface area contributed by atoms with Gasteiger partial charge in [-0.15, -0.1) is 0 Å². The lowest BCUT2D eigenvalue weighted by molar-refractivity contribution is -0.137. The number of aryl methyl sites for hydroxylation is 1. The van der Waals surface area contributed by atoms with Crippen molar-refractivity contribution in [1.29, 1.82) is 0 Å². The Morgan fingerprint density at radius 2 is 1.76 bits per heavy atom. The van der Waals surface area contributed by atoms with Crippen LogP contribution in [0.4, 0.5) is 36.4 Å². The van der Waals surface area contributed by atoms with Crippen molar-refractivity contribution in [2.75, 3.05) is 42.3 Å². The Labute approximate surface area is 191 Å². The summed E-state index contributed by atoms with van der Waals surface area (Å²) in [6.07, 6.45) is -1.10. The van der Waals surface area contributed by atoms with Crippen LogP contribution in [0.2, 0.25) is 0 Å². The van der Waals surface area contributed by atoms with Crippen LogP contribution in [0.25, 0.3) is 0 Å². The minimum atomic E-state index is -4.46. The predicted octanol–water partition coefficient (Wildman–Crippen LogP) is 4.87. The highest BCUT2D eigenvalue weighted by Crippen LogP contribution is 2.36. The number of benzene rings is 1. The van der Waals surface area contributed by atoms with Gasteiger partial charge in [0.15, 0.2) is 0 Å². The summed E-state index contributed by atoms with van der Waals surface area (Å²) in [4.78, 5) is 17.0. The van der Waals surface area contributed by atoms with Crippen LogP contribution in [0.15, 0.2) is 42.6 Å². The number of nitrogens with one attached hydrogen (secondary N) is 1. The van der Waals surface area contributed by atoms with Crippen molar-refractivity contribution in [3.05, 3.63) is 65.0 Å². The van der Waals surface area contributed by atoms with Crippen LogP contribution in [0.1, 0.15) is 29.3 Å². The second kappa shape index (κ2) is 9.25. The Kier molecular flexibility index (Phi) is 6.40. The molecule has 1 aliphatic heterocycles. The first kappa shape index (κ1) is 22.8. The van der Waals surface area contributed by atoms with Gasteiger partial charge >= 0.3 is 6.18 Å². The van der Waals surface area contributed by atoms with Crippen LogP contribution in [0.5, 0.6) is 0 Å². The van der Waals surface area contributed by atoms with E-state index in [1.165, 1.54) is 17.8 Å². The van der Waals surface area contributed by atoms with E-state index in [2.05, 4.69) is 29.4 Å².